The van der Waals surface area contributed by atoms with Gasteiger partial charge in [-0.15, -0.1) is 0 Å². The van der Waals surface area contributed by atoms with Crippen LogP contribution in [0.2, 0.25) is 0 Å². The van der Waals surface area contributed by atoms with Crippen LogP contribution in [0.4, 0.5) is 5.82 Å². The fraction of sp³-hybridized carbons (Fsp3) is 0.375. The number of para-hydroxylation sites is 1. The third-order valence-corrected chi connectivity index (χ3v) is 3.89. The molecule has 0 radical (unpaired) electrons. The van der Waals surface area contributed by atoms with Gasteiger partial charge in [0.15, 0.2) is 0 Å². The number of aliphatic hydroxyl groups excluding tert-OH is 1. The lowest BCUT2D eigenvalue weighted by atomic mass is 10.0. The highest BCUT2D eigenvalue weighted by Crippen LogP contribution is 2.23. The summed E-state index contributed by atoms with van der Waals surface area (Å²) in [6.07, 6.45) is 1.19. The van der Waals surface area contributed by atoms with Crippen LogP contribution in [0.3, 0.4) is 0 Å². The Bertz CT molecular complexity index is 672. The molecule has 0 aliphatic carbocycles. The smallest absolute Gasteiger partial charge is 0.254 e. The fourth-order valence-electron chi connectivity index (χ4n) is 2.79. The number of rotatable bonds is 2. The molecule has 1 amide bonds. The number of β-amino-alcohol motifs (C(OH)–C–C–N with tert-alkyl or cyclic N) is 1. The van der Waals surface area contributed by atoms with E-state index >= 15 is 0 Å². The van der Waals surface area contributed by atoms with E-state index in [4.69, 9.17) is 0 Å². The van der Waals surface area contributed by atoms with E-state index < -0.39 is 6.10 Å². The number of hydrogen-bond donors (Lipinski definition) is 2. The lowest BCUT2D eigenvalue weighted by molar-refractivity contribution is 0.0475. The van der Waals surface area contributed by atoms with Crippen LogP contribution in [-0.2, 0) is 0 Å². The number of carbonyl (C=O) groups is 1. The van der Waals surface area contributed by atoms with Crippen molar-refractivity contribution in [2.24, 2.45) is 0 Å². The Morgan fingerprint density at radius 3 is 3.00 bits per heavy atom. The zero-order valence-corrected chi connectivity index (χ0v) is 12.0. The largest absolute Gasteiger partial charge is 0.391 e. The Labute approximate surface area is 123 Å². The van der Waals surface area contributed by atoms with Crippen LogP contribution in [0.15, 0.2) is 30.3 Å². The summed E-state index contributed by atoms with van der Waals surface area (Å²) in [4.78, 5) is 19.0. The Balaban J connectivity index is 2.04. The molecular weight excluding hydrogens is 266 g/mol. The van der Waals surface area contributed by atoms with Crippen LogP contribution >= 0.6 is 0 Å². The van der Waals surface area contributed by atoms with Gasteiger partial charge in [0.2, 0.25) is 0 Å². The van der Waals surface area contributed by atoms with Crippen molar-refractivity contribution in [3.8, 4) is 0 Å². The molecular formula is C16H19N3O2. The molecule has 1 aliphatic rings. The Kier molecular flexibility index (Phi) is 3.75. The zero-order chi connectivity index (χ0) is 14.8. The van der Waals surface area contributed by atoms with Gasteiger partial charge in [-0.05, 0) is 25.0 Å². The van der Waals surface area contributed by atoms with Gasteiger partial charge in [0.25, 0.3) is 5.91 Å². The molecule has 0 spiro atoms. The summed E-state index contributed by atoms with van der Waals surface area (Å²) >= 11 is 0. The molecule has 1 atom stereocenters. The van der Waals surface area contributed by atoms with E-state index in [1.54, 1.807) is 18.0 Å². The fourth-order valence-corrected chi connectivity index (χ4v) is 2.79. The van der Waals surface area contributed by atoms with E-state index in [-0.39, 0.29) is 5.91 Å². The molecule has 2 N–H and O–H groups in total. The van der Waals surface area contributed by atoms with E-state index in [1.165, 1.54) is 0 Å². The minimum Gasteiger partial charge on any atom is -0.391 e. The zero-order valence-electron chi connectivity index (χ0n) is 12.0. The number of amides is 1. The van der Waals surface area contributed by atoms with Crippen molar-refractivity contribution in [2.45, 2.75) is 18.9 Å². The van der Waals surface area contributed by atoms with Crippen molar-refractivity contribution in [1.82, 2.24) is 9.88 Å². The predicted octanol–water partition coefficient (Wildman–Crippen LogP) is 1.87. The maximum Gasteiger partial charge on any atom is 0.254 e. The van der Waals surface area contributed by atoms with Crippen LogP contribution < -0.4 is 5.32 Å². The summed E-state index contributed by atoms with van der Waals surface area (Å²) in [5, 5.41) is 13.6. The summed E-state index contributed by atoms with van der Waals surface area (Å²) in [7, 11) is 1.79. The predicted molar refractivity (Wildman–Crippen MR) is 82.4 cm³/mol. The van der Waals surface area contributed by atoms with Crippen molar-refractivity contribution in [3.63, 3.8) is 0 Å². The first-order chi connectivity index (χ1) is 10.2. The van der Waals surface area contributed by atoms with Gasteiger partial charge in [0.1, 0.15) is 5.82 Å². The maximum atomic E-state index is 12.8. The number of aromatic nitrogens is 1. The molecule has 5 heteroatoms. The highest BCUT2D eigenvalue weighted by Gasteiger charge is 2.24. The highest BCUT2D eigenvalue weighted by molar-refractivity contribution is 6.07. The SMILES string of the molecule is CNc1cc(C(=O)N2CCCC(O)C2)c2ccccc2n1. The van der Waals surface area contributed by atoms with Crippen molar-refractivity contribution in [1.29, 1.82) is 0 Å². The maximum absolute atomic E-state index is 12.8. The van der Waals surface area contributed by atoms with Crippen LogP contribution in [0.1, 0.15) is 23.2 Å². The number of anilines is 1. The molecule has 1 fully saturated rings. The first-order valence-corrected chi connectivity index (χ1v) is 7.24. The number of carbonyl (C=O) groups excluding carboxylic acids is 1. The molecule has 2 aromatic rings. The molecule has 1 aromatic heterocycles. The molecule has 1 aromatic carbocycles. The first-order valence-electron chi connectivity index (χ1n) is 7.24. The number of aliphatic hydroxyl groups is 1. The van der Waals surface area contributed by atoms with Gasteiger partial charge in [-0.2, -0.15) is 0 Å². The molecule has 0 bridgehead atoms. The van der Waals surface area contributed by atoms with Gasteiger partial charge in [-0.3, -0.25) is 4.79 Å². The topological polar surface area (TPSA) is 65.5 Å². The second kappa shape index (κ2) is 5.69. The van der Waals surface area contributed by atoms with Crippen molar-refractivity contribution >= 4 is 22.6 Å². The molecule has 1 saturated heterocycles. The van der Waals surface area contributed by atoms with Crippen molar-refractivity contribution < 1.29 is 9.90 Å². The molecule has 3 rings (SSSR count). The summed E-state index contributed by atoms with van der Waals surface area (Å²) in [6.45, 7) is 1.10. The number of nitrogens with zero attached hydrogens (tertiary/aromatic N) is 2. The Morgan fingerprint density at radius 2 is 2.24 bits per heavy atom. The molecule has 110 valence electrons. The second-order valence-corrected chi connectivity index (χ2v) is 5.37. The Hall–Kier alpha value is -2.14. The van der Waals surface area contributed by atoms with Gasteiger partial charge in [-0.25, -0.2) is 4.98 Å². The van der Waals surface area contributed by atoms with Crippen LogP contribution in [0.25, 0.3) is 10.9 Å². The number of nitrogens with one attached hydrogen (secondary N) is 1. The van der Waals surface area contributed by atoms with Crippen molar-refractivity contribution in [3.05, 3.63) is 35.9 Å². The number of piperidine rings is 1. The number of benzene rings is 1. The summed E-state index contributed by atoms with van der Waals surface area (Å²) in [5.74, 6) is 0.637. The lowest BCUT2D eigenvalue weighted by Crippen LogP contribution is -2.42. The van der Waals surface area contributed by atoms with Gasteiger partial charge in [-0.1, -0.05) is 18.2 Å². The quantitative estimate of drug-likeness (QED) is 0.884. The number of likely N-dealkylation sites (tertiary alicyclic amines) is 1. The molecule has 1 aliphatic heterocycles. The molecule has 21 heavy (non-hydrogen) atoms. The first kappa shape index (κ1) is 13.8. The van der Waals surface area contributed by atoms with Gasteiger partial charge in [0.05, 0.1) is 17.2 Å². The summed E-state index contributed by atoms with van der Waals surface area (Å²) in [5.41, 5.74) is 1.43. The summed E-state index contributed by atoms with van der Waals surface area (Å²) < 4.78 is 0. The van der Waals surface area contributed by atoms with E-state index in [9.17, 15) is 9.90 Å². The minimum absolute atomic E-state index is 0.0381. The number of hydrogen-bond acceptors (Lipinski definition) is 4. The van der Waals surface area contributed by atoms with E-state index in [0.717, 1.165) is 23.7 Å². The third-order valence-electron chi connectivity index (χ3n) is 3.89. The normalized spacial score (nSPS) is 18.8. The standard InChI is InChI=1S/C16H19N3O2/c1-17-15-9-13(12-6-2-3-7-14(12)18-15)16(21)19-8-4-5-11(20)10-19/h2-3,6-7,9,11,20H,4-5,8,10H2,1H3,(H,17,18). The van der Waals surface area contributed by atoms with Crippen LogP contribution in [-0.4, -0.2) is 47.1 Å². The van der Waals surface area contributed by atoms with Crippen molar-refractivity contribution in [2.75, 3.05) is 25.5 Å². The monoisotopic (exact) mass is 285 g/mol. The van der Waals surface area contributed by atoms with E-state index in [2.05, 4.69) is 10.3 Å². The average Bonchev–Trinajstić information content (AvgIpc) is 2.53. The van der Waals surface area contributed by atoms with Gasteiger partial charge < -0.3 is 15.3 Å². The average molecular weight is 285 g/mol. The molecule has 2 heterocycles. The number of fused-ring (bicyclic) bond motifs is 1. The van der Waals surface area contributed by atoms with Crippen LogP contribution in [0, 0.1) is 0 Å². The molecule has 0 saturated carbocycles. The van der Waals surface area contributed by atoms with E-state index in [0.29, 0.717) is 24.5 Å². The Morgan fingerprint density at radius 1 is 1.43 bits per heavy atom. The highest BCUT2D eigenvalue weighted by atomic mass is 16.3. The lowest BCUT2D eigenvalue weighted by Gasteiger charge is -2.30. The minimum atomic E-state index is -0.417. The molecule has 1 unspecified atom stereocenters. The van der Waals surface area contributed by atoms with Gasteiger partial charge >= 0.3 is 0 Å². The van der Waals surface area contributed by atoms with E-state index in [1.807, 2.05) is 24.3 Å². The third kappa shape index (κ3) is 2.69. The molecule has 5 nitrogen and oxygen atoms in total. The van der Waals surface area contributed by atoms with Crippen LogP contribution in [0.5, 0.6) is 0 Å². The van der Waals surface area contributed by atoms with Gasteiger partial charge in [0, 0.05) is 25.5 Å². The summed E-state index contributed by atoms with van der Waals surface area (Å²) in [6, 6.07) is 9.41. The second-order valence-electron chi connectivity index (χ2n) is 5.37. The number of pyridine rings is 1.